The number of aryl methyl sites for hydroxylation is 1. The van der Waals surface area contributed by atoms with E-state index in [2.05, 4.69) is 10.1 Å². The predicted octanol–water partition coefficient (Wildman–Crippen LogP) is 2.97. The lowest BCUT2D eigenvalue weighted by molar-refractivity contribution is 0.340. The summed E-state index contributed by atoms with van der Waals surface area (Å²) in [5, 5.41) is 3.81. The van der Waals surface area contributed by atoms with E-state index >= 15 is 0 Å². The smallest absolute Gasteiger partial charge is 0.239 e. The van der Waals surface area contributed by atoms with Crippen LogP contribution in [-0.4, -0.2) is 26.7 Å². The molecule has 0 saturated heterocycles. The summed E-state index contributed by atoms with van der Waals surface area (Å²) in [5.41, 5.74) is 1.05. The predicted molar refractivity (Wildman–Crippen MR) is 85.4 cm³/mol. The first-order valence-electron chi connectivity index (χ1n) is 7.12. The van der Waals surface area contributed by atoms with E-state index in [9.17, 15) is 4.21 Å². The van der Waals surface area contributed by atoms with Gasteiger partial charge in [-0.05, 0) is 30.7 Å². The number of hydrogen-bond acceptors (Lipinski definition) is 6. The van der Waals surface area contributed by atoms with Crippen LogP contribution in [0, 0.1) is 6.92 Å². The molecule has 120 valence electrons. The molecule has 2 aromatic heterocycles. The minimum Gasteiger partial charge on any atom is -0.492 e. The summed E-state index contributed by atoms with van der Waals surface area (Å²) in [5.74, 6) is 2.61. The highest BCUT2D eigenvalue weighted by Crippen LogP contribution is 2.17. The van der Waals surface area contributed by atoms with Crippen LogP contribution in [0.4, 0.5) is 0 Å². The molecule has 2 heterocycles. The van der Waals surface area contributed by atoms with Crippen LogP contribution in [0.2, 0.25) is 0 Å². The molecule has 1 atom stereocenters. The van der Waals surface area contributed by atoms with Crippen molar-refractivity contribution >= 4 is 10.8 Å². The van der Waals surface area contributed by atoms with Gasteiger partial charge in [0.2, 0.25) is 11.7 Å². The van der Waals surface area contributed by atoms with Crippen LogP contribution in [0.15, 0.2) is 51.6 Å². The van der Waals surface area contributed by atoms with Gasteiger partial charge in [0.25, 0.3) is 0 Å². The van der Waals surface area contributed by atoms with Crippen molar-refractivity contribution in [2.75, 3.05) is 12.4 Å². The van der Waals surface area contributed by atoms with Crippen molar-refractivity contribution in [3.8, 4) is 17.3 Å². The Morgan fingerprint density at radius 2 is 2.09 bits per heavy atom. The largest absolute Gasteiger partial charge is 0.492 e. The number of furan rings is 1. The quantitative estimate of drug-likeness (QED) is 0.662. The zero-order valence-corrected chi connectivity index (χ0v) is 13.4. The van der Waals surface area contributed by atoms with E-state index in [1.54, 1.807) is 12.1 Å². The van der Waals surface area contributed by atoms with Gasteiger partial charge in [0.05, 0.1) is 18.6 Å². The monoisotopic (exact) mass is 332 g/mol. The lowest BCUT2D eigenvalue weighted by Gasteiger charge is -2.07. The first kappa shape index (κ1) is 15.5. The van der Waals surface area contributed by atoms with Crippen LogP contribution in [0.3, 0.4) is 0 Å². The Hall–Kier alpha value is -2.41. The van der Waals surface area contributed by atoms with Gasteiger partial charge in [0.15, 0.2) is 5.76 Å². The second-order valence-electron chi connectivity index (χ2n) is 4.89. The molecule has 0 radical (unpaired) electrons. The zero-order valence-electron chi connectivity index (χ0n) is 12.6. The average Bonchev–Trinajstić information content (AvgIpc) is 3.20. The molecule has 3 aromatic rings. The summed E-state index contributed by atoms with van der Waals surface area (Å²) in [4.78, 5) is 4.17. The van der Waals surface area contributed by atoms with E-state index in [0.29, 0.717) is 29.8 Å². The average molecular weight is 332 g/mol. The fourth-order valence-corrected chi connectivity index (χ4v) is 2.80. The molecule has 0 bridgehead atoms. The van der Waals surface area contributed by atoms with Crippen LogP contribution >= 0.6 is 0 Å². The molecular weight excluding hydrogens is 316 g/mol. The van der Waals surface area contributed by atoms with Gasteiger partial charge in [-0.25, -0.2) is 0 Å². The van der Waals surface area contributed by atoms with Gasteiger partial charge in [-0.2, -0.15) is 4.98 Å². The molecular formula is C16H16N2O4S. The summed E-state index contributed by atoms with van der Waals surface area (Å²) < 4.78 is 28.0. The highest BCUT2D eigenvalue weighted by Gasteiger charge is 2.13. The van der Waals surface area contributed by atoms with Gasteiger partial charge in [-0.3, -0.25) is 4.21 Å². The van der Waals surface area contributed by atoms with E-state index in [1.807, 2.05) is 31.2 Å². The number of rotatable bonds is 7. The first-order chi connectivity index (χ1) is 11.2. The van der Waals surface area contributed by atoms with Crippen molar-refractivity contribution in [1.29, 1.82) is 0 Å². The van der Waals surface area contributed by atoms with Gasteiger partial charge >= 0.3 is 0 Å². The zero-order chi connectivity index (χ0) is 16.1. The molecule has 0 aliphatic rings. The van der Waals surface area contributed by atoms with Crippen molar-refractivity contribution in [2.24, 2.45) is 0 Å². The van der Waals surface area contributed by atoms with E-state index in [-0.39, 0.29) is 5.75 Å². The van der Waals surface area contributed by atoms with Crippen molar-refractivity contribution in [3.05, 3.63) is 54.1 Å². The first-order valence-corrected chi connectivity index (χ1v) is 8.61. The fourth-order valence-electron chi connectivity index (χ4n) is 1.99. The van der Waals surface area contributed by atoms with Gasteiger partial charge in [0, 0.05) is 10.8 Å². The highest BCUT2D eigenvalue weighted by molar-refractivity contribution is 7.84. The molecule has 0 saturated carbocycles. The molecule has 6 nitrogen and oxygen atoms in total. The van der Waals surface area contributed by atoms with Crippen molar-refractivity contribution in [2.45, 2.75) is 12.7 Å². The maximum absolute atomic E-state index is 12.1. The Balaban J connectivity index is 1.49. The Morgan fingerprint density at radius 1 is 1.22 bits per heavy atom. The molecule has 1 unspecified atom stereocenters. The summed E-state index contributed by atoms with van der Waals surface area (Å²) in [6.45, 7) is 2.34. The van der Waals surface area contributed by atoms with Crippen LogP contribution in [0.1, 0.15) is 11.5 Å². The SMILES string of the molecule is Cc1ccccc1OCCS(=O)Cc1nc(-c2ccco2)no1. The Morgan fingerprint density at radius 3 is 2.87 bits per heavy atom. The minimum atomic E-state index is -1.14. The van der Waals surface area contributed by atoms with Crippen molar-refractivity contribution in [3.63, 3.8) is 0 Å². The molecule has 0 fully saturated rings. The summed E-state index contributed by atoms with van der Waals surface area (Å²) in [6.07, 6.45) is 1.53. The Labute approximate surface area is 135 Å². The number of para-hydroxylation sites is 1. The van der Waals surface area contributed by atoms with Gasteiger partial charge in [-0.1, -0.05) is 23.4 Å². The van der Waals surface area contributed by atoms with E-state index in [0.717, 1.165) is 11.3 Å². The highest BCUT2D eigenvalue weighted by atomic mass is 32.2. The molecule has 0 N–H and O–H groups in total. The molecule has 0 aliphatic carbocycles. The van der Waals surface area contributed by atoms with E-state index in [1.165, 1.54) is 6.26 Å². The number of aromatic nitrogens is 2. The molecule has 0 aliphatic heterocycles. The lowest BCUT2D eigenvalue weighted by Crippen LogP contribution is -2.10. The topological polar surface area (TPSA) is 78.4 Å². The third kappa shape index (κ3) is 4.07. The molecule has 23 heavy (non-hydrogen) atoms. The van der Waals surface area contributed by atoms with Gasteiger partial charge in [0.1, 0.15) is 11.5 Å². The molecule has 0 amide bonds. The van der Waals surface area contributed by atoms with Crippen molar-refractivity contribution in [1.82, 2.24) is 10.1 Å². The molecule has 7 heteroatoms. The third-order valence-electron chi connectivity index (χ3n) is 3.16. The standard InChI is InChI=1S/C16H16N2O4S/c1-12-5-2-3-6-13(12)21-9-10-23(19)11-15-17-16(18-22-15)14-7-4-8-20-14/h2-8H,9-11H2,1H3. The molecule has 1 aromatic carbocycles. The summed E-state index contributed by atoms with van der Waals surface area (Å²) in [6, 6.07) is 11.2. The van der Waals surface area contributed by atoms with Crippen LogP contribution in [-0.2, 0) is 16.6 Å². The van der Waals surface area contributed by atoms with E-state index in [4.69, 9.17) is 13.7 Å². The lowest BCUT2D eigenvalue weighted by atomic mass is 10.2. The van der Waals surface area contributed by atoms with Crippen LogP contribution < -0.4 is 4.74 Å². The molecule has 0 spiro atoms. The number of nitrogens with zero attached hydrogens (tertiary/aromatic N) is 2. The van der Waals surface area contributed by atoms with Crippen molar-refractivity contribution < 1.29 is 17.9 Å². The number of hydrogen-bond donors (Lipinski definition) is 0. The van der Waals surface area contributed by atoms with E-state index < -0.39 is 10.8 Å². The van der Waals surface area contributed by atoms with Crippen LogP contribution in [0.25, 0.3) is 11.6 Å². The maximum Gasteiger partial charge on any atom is 0.239 e. The maximum atomic E-state index is 12.1. The number of benzene rings is 1. The second-order valence-corrected chi connectivity index (χ2v) is 6.47. The van der Waals surface area contributed by atoms with Gasteiger partial charge < -0.3 is 13.7 Å². The van der Waals surface area contributed by atoms with Crippen LogP contribution in [0.5, 0.6) is 5.75 Å². The fraction of sp³-hybridized carbons (Fsp3) is 0.250. The summed E-state index contributed by atoms with van der Waals surface area (Å²) >= 11 is 0. The summed E-state index contributed by atoms with van der Waals surface area (Å²) in [7, 11) is -1.14. The molecule has 3 rings (SSSR count). The minimum absolute atomic E-state index is 0.199. The third-order valence-corrected chi connectivity index (χ3v) is 4.35. The Bertz CT molecular complexity index is 783. The van der Waals surface area contributed by atoms with Gasteiger partial charge in [-0.15, -0.1) is 0 Å². The number of ether oxygens (including phenoxy) is 1. The Kier molecular flexibility index (Phi) is 4.87. The normalized spacial score (nSPS) is 12.2. The second kappa shape index (κ2) is 7.23.